The van der Waals surface area contributed by atoms with Crippen molar-refractivity contribution >= 4 is 0 Å². The molecular formula is C18H22FNO. The molecule has 1 unspecified atom stereocenters. The summed E-state index contributed by atoms with van der Waals surface area (Å²) in [5.74, 6) is 0.403. The van der Waals surface area contributed by atoms with Crippen molar-refractivity contribution in [1.82, 2.24) is 5.32 Å². The van der Waals surface area contributed by atoms with Gasteiger partial charge in [0, 0.05) is 18.0 Å². The van der Waals surface area contributed by atoms with E-state index >= 15 is 0 Å². The van der Waals surface area contributed by atoms with E-state index in [0.29, 0.717) is 17.9 Å². The molecule has 0 aliphatic carbocycles. The van der Waals surface area contributed by atoms with Gasteiger partial charge in [0.25, 0.3) is 0 Å². The Bertz CT molecular complexity index is 556. The van der Waals surface area contributed by atoms with Gasteiger partial charge in [-0.3, -0.25) is 0 Å². The first-order valence-electron chi connectivity index (χ1n) is 7.41. The van der Waals surface area contributed by atoms with E-state index in [-0.39, 0.29) is 11.9 Å². The smallest absolute Gasteiger partial charge is 0.131 e. The fourth-order valence-electron chi connectivity index (χ4n) is 2.40. The van der Waals surface area contributed by atoms with Gasteiger partial charge in [0.15, 0.2) is 0 Å². The van der Waals surface area contributed by atoms with Crippen molar-refractivity contribution in [2.24, 2.45) is 0 Å². The Hall–Kier alpha value is -1.87. The van der Waals surface area contributed by atoms with Crippen molar-refractivity contribution in [3.8, 4) is 5.75 Å². The van der Waals surface area contributed by atoms with Gasteiger partial charge in [-0.15, -0.1) is 0 Å². The highest BCUT2D eigenvalue weighted by Gasteiger charge is 2.15. The molecule has 0 aliphatic rings. The molecule has 2 rings (SSSR count). The molecular weight excluding hydrogens is 265 g/mol. The number of nitrogens with one attached hydrogen (secondary N) is 1. The maximum atomic E-state index is 14.1. The first kappa shape index (κ1) is 15.5. The first-order chi connectivity index (χ1) is 10.2. The Labute approximate surface area is 126 Å². The van der Waals surface area contributed by atoms with Crippen molar-refractivity contribution in [2.45, 2.75) is 26.3 Å². The van der Waals surface area contributed by atoms with Crippen molar-refractivity contribution in [3.63, 3.8) is 0 Å². The van der Waals surface area contributed by atoms with Gasteiger partial charge in [0.1, 0.15) is 11.6 Å². The third kappa shape index (κ3) is 4.30. The summed E-state index contributed by atoms with van der Waals surface area (Å²) in [4.78, 5) is 0. The van der Waals surface area contributed by atoms with Gasteiger partial charge in [0.05, 0.1) is 6.61 Å². The molecule has 0 aromatic heterocycles. The second-order valence-corrected chi connectivity index (χ2v) is 5.02. The quantitative estimate of drug-likeness (QED) is 0.827. The summed E-state index contributed by atoms with van der Waals surface area (Å²) >= 11 is 0. The number of hydrogen-bond donors (Lipinski definition) is 1. The zero-order chi connectivity index (χ0) is 15.1. The molecule has 1 N–H and O–H groups in total. The summed E-state index contributed by atoms with van der Waals surface area (Å²) in [6.45, 7) is 5.29. The van der Waals surface area contributed by atoms with Gasteiger partial charge in [-0.2, -0.15) is 0 Å². The Balaban J connectivity index is 2.04. The predicted molar refractivity (Wildman–Crippen MR) is 84.1 cm³/mol. The van der Waals surface area contributed by atoms with E-state index in [9.17, 15) is 4.39 Å². The Morgan fingerprint density at radius 1 is 1.10 bits per heavy atom. The summed E-state index contributed by atoms with van der Waals surface area (Å²) in [7, 11) is 0. The van der Waals surface area contributed by atoms with Crippen LogP contribution in [-0.4, -0.2) is 13.2 Å². The molecule has 1 atom stereocenters. The summed E-state index contributed by atoms with van der Waals surface area (Å²) in [6.07, 6.45) is 0.812. The van der Waals surface area contributed by atoms with Crippen LogP contribution >= 0.6 is 0 Å². The Kier molecular flexibility index (Phi) is 5.76. The van der Waals surface area contributed by atoms with Crippen LogP contribution in [0.15, 0.2) is 48.5 Å². The third-order valence-electron chi connectivity index (χ3n) is 3.45. The molecule has 112 valence electrons. The summed E-state index contributed by atoms with van der Waals surface area (Å²) in [5.41, 5.74) is 1.82. The fraction of sp³-hybridized carbons (Fsp3) is 0.333. The zero-order valence-electron chi connectivity index (χ0n) is 12.6. The Morgan fingerprint density at radius 2 is 1.86 bits per heavy atom. The van der Waals surface area contributed by atoms with Gasteiger partial charge in [0.2, 0.25) is 0 Å². The van der Waals surface area contributed by atoms with Crippen LogP contribution in [0.5, 0.6) is 5.75 Å². The highest BCUT2D eigenvalue weighted by atomic mass is 19.1. The van der Waals surface area contributed by atoms with Crippen LogP contribution in [0.3, 0.4) is 0 Å². The first-order valence-corrected chi connectivity index (χ1v) is 7.41. The highest BCUT2D eigenvalue weighted by Crippen LogP contribution is 2.28. The number of rotatable bonds is 7. The maximum Gasteiger partial charge on any atom is 0.131 e. The molecule has 0 radical (unpaired) electrons. The molecule has 0 heterocycles. The number of hydrogen-bond acceptors (Lipinski definition) is 2. The van der Waals surface area contributed by atoms with Crippen molar-refractivity contribution < 1.29 is 9.13 Å². The van der Waals surface area contributed by atoms with Crippen LogP contribution in [0, 0.1) is 5.82 Å². The van der Waals surface area contributed by atoms with E-state index in [1.54, 1.807) is 6.07 Å². The van der Waals surface area contributed by atoms with Gasteiger partial charge >= 0.3 is 0 Å². The second kappa shape index (κ2) is 7.79. The largest absolute Gasteiger partial charge is 0.493 e. The molecule has 2 aromatic rings. The van der Waals surface area contributed by atoms with Crippen molar-refractivity contribution in [2.75, 3.05) is 13.2 Å². The van der Waals surface area contributed by atoms with E-state index in [4.69, 9.17) is 4.74 Å². The van der Waals surface area contributed by atoms with Gasteiger partial charge in [-0.05, 0) is 31.2 Å². The minimum absolute atomic E-state index is 0.0667. The molecule has 3 heteroatoms. The summed E-state index contributed by atoms with van der Waals surface area (Å²) < 4.78 is 19.9. The average Bonchev–Trinajstić information content (AvgIpc) is 2.48. The average molecular weight is 287 g/mol. The van der Waals surface area contributed by atoms with Gasteiger partial charge in [-0.1, -0.05) is 43.3 Å². The van der Waals surface area contributed by atoms with Crippen LogP contribution in [0.25, 0.3) is 0 Å². The summed E-state index contributed by atoms with van der Waals surface area (Å²) in [6, 6.07) is 15.1. The molecule has 0 bridgehead atoms. The van der Waals surface area contributed by atoms with Crippen LogP contribution < -0.4 is 10.1 Å². The van der Waals surface area contributed by atoms with Crippen molar-refractivity contribution in [3.05, 3.63) is 65.5 Å². The zero-order valence-corrected chi connectivity index (χ0v) is 12.6. The summed E-state index contributed by atoms with van der Waals surface area (Å²) in [5, 5.41) is 3.23. The van der Waals surface area contributed by atoms with Gasteiger partial charge < -0.3 is 10.1 Å². The molecule has 0 aliphatic heterocycles. The topological polar surface area (TPSA) is 21.3 Å². The Morgan fingerprint density at radius 3 is 2.57 bits per heavy atom. The molecule has 2 aromatic carbocycles. The van der Waals surface area contributed by atoms with E-state index in [2.05, 4.69) is 17.4 Å². The lowest BCUT2D eigenvalue weighted by atomic mass is 10.1. The molecule has 0 spiro atoms. The SMILES string of the molecule is CCNC(C)c1c(F)cccc1OCCc1ccccc1. The van der Waals surface area contributed by atoms with Crippen LogP contribution in [-0.2, 0) is 6.42 Å². The van der Waals surface area contributed by atoms with Gasteiger partial charge in [-0.25, -0.2) is 4.39 Å². The second-order valence-electron chi connectivity index (χ2n) is 5.02. The minimum Gasteiger partial charge on any atom is -0.493 e. The maximum absolute atomic E-state index is 14.1. The number of ether oxygens (including phenoxy) is 1. The fourth-order valence-corrected chi connectivity index (χ4v) is 2.40. The van der Waals surface area contributed by atoms with Crippen LogP contribution in [0.4, 0.5) is 4.39 Å². The highest BCUT2D eigenvalue weighted by molar-refractivity contribution is 5.37. The lowest BCUT2D eigenvalue weighted by Gasteiger charge is -2.18. The van der Waals surface area contributed by atoms with Crippen LogP contribution in [0.2, 0.25) is 0 Å². The number of halogens is 1. The number of benzene rings is 2. The molecule has 2 nitrogen and oxygen atoms in total. The molecule has 21 heavy (non-hydrogen) atoms. The van der Waals surface area contributed by atoms with E-state index in [0.717, 1.165) is 13.0 Å². The lowest BCUT2D eigenvalue weighted by molar-refractivity contribution is 0.312. The molecule has 0 amide bonds. The monoisotopic (exact) mass is 287 g/mol. The van der Waals surface area contributed by atoms with Crippen LogP contribution in [0.1, 0.15) is 31.0 Å². The van der Waals surface area contributed by atoms with E-state index in [1.165, 1.54) is 11.6 Å². The molecule has 0 saturated carbocycles. The lowest BCUT2D eigenvalue weighted by Crippen LogP contribution is -2.20. The standard InChI is InChI=1S/C18H22FNO/c1-3-20-14(2)18-16(19)10-7-11-17(18)21-13-12-15-8-5-4-6-9-15/h4-11,14,20H,3,12-13H2,1-2H3. The predicted octanol–water partition coefficient (Wildman–Crippen LogP) is 4.12. The third-order valence-corrected chi connectivity index (χ3v) is 3.45. The molecule has 0 saturated heterocycles. The normalized spacial score (nSPS) is 12.1. The van der Waals surface area contributed by atoms with Crippen molar-refractivity contribution in [1.29, 1.82) is 0 Å². The minimum atomic E-state index is -0.222. The van der Waals surface area contributed by atoms with E-state index < -0.39 is 0 Å². The molecule has 0 fully saturated rings. The van der Waals surface area contributed by atoms with E-state index in [1.807, 2.05) is 38.1 Å².